The molecule has 4 rings (SSSR count). The third kappa shape index (κ3) is 6.94. The summed E-state index contributed by atoms with van der Waals surface area (Å²) in [5, 5.41) is 18.1. The zero-order valence-corrected chi connectivity index (χ0v) is 23.3. The number of benzene rings is 3. The zero-order valence-electron chi connectivity index (χ0n) is 23.3. The van der Waals surface area contributed by atoms with Crippen LogP contribution >= 0.6 is 0 Å². The van der Waals surface area contributed by atoms with E-state index in [0.29, 0.717) is 11.1 Å². The highest BCUT2D eigenvalue weighted by Gasteiger charge is 2.45. The molecule has 8 nitrogen and oxygen atoms in total. The average molecular weight is 544 g/mol. The minimum absolute atomic E-state index is 0.190. The summed E-state index contributed by atoms with van der Waals surface area (Å²) in [7, 11) is 0. The standard InChI is InChI=1S/C32H37N3O5/c1-21-25(22-14-8-5-9-15-22)20-35(39)27(23-16-10-6-11-17-23)26(28(21)36)33-30(37)29(24-18-12-7-13-19-24)40-31(38)34-32(2,3)4/h5-19,21,25-27,29,39H,20H2,1-4H3,(H,33,37)(H,34,38)/t21?,25-,26+,27-,29?/m0/s1. The van der Waals surface area contributed by atoms with Crippen molar-refractivity contribution in [2.75, 3.05) is 6.54 Å². The normalized spacial score (nSPS) is 22.6. The van der Waals surface area contributed by atoms with Gasteiger partial charge in [-0.15, -0.1) is 0 Å². The molecule has 0 saturated carbocycles. The van der Waals surface area contributed by atoms with Crippen molar-refractivity contribution in [1.29, 1.82) is 0 Å². The van der Waals surface area contributed by atoms with Gasteiger partial charge in [-0.1, -0.05) is 97.9 Å². The zero-order chi connectivity index (χ0) is 28.9. The number of carbonyl (C=O) groups is 3. The Morgan fingerprint density at radius 2 is 1.43 bits per heavy atom. The molecule has 0 radical (unpaired) electrons. The Hall–Kier alpha value is -4.01. The summed E-state index contributed by atoms with van der Waals surface area (Å²) in [6.45, 7) is 7.43. The first-order valence-electron chi connectivity index (χ1n) is 13.5. The first-order chi connectivity index (χ1) is 19.0. The van der Waals surface area contributed by atoms with Crippen molar-refractivity contribution in [3.63, 3.8) is 0 Å². The van der Waals surface area contributed by atoms with E-state index in [9.17, 15) is 19.6 Å². The molecule has 1 saturated heterocycles. The summed E-state index contributed by atoms with van der Waals surface area (Å²) in [6.07, 6.45) is -2.08. The third-order valence-electron chi connectivity index (χ3n) is 7.09. The van der Waals surface area contributed by atoms with Gasteiger partial charge in [0.2, 0.25) is 6.10 Å². The van der Waals surface area contributed by atoms with Crippen molar-refractivity contribution >= 4 is 17.8 Å². The van der Waals surface area contributed by atoms with Gasteiger partial charge >= 0.3 is 6.09 Å². The van der Waals surface area contributed by atoms with Gasteiger partial charge in [-0.3, -0.25) is 9.59 Å². The molecule has 2 unspecified atom stereocenters. The molecule has 3 aromatic carbocycles. The van der Waals surface area contributed by atoms with Crippen LogP contribution in [0.1, 0.15) is 62.4 Å². The van der Waals surface area contributed by atoms with Crippen LogP contribution < -0.4 is 10.6 Å². The lowest BCUT2D eigenvalue weighted by atomic mass is 9.82. The number of nitrogens with one attached hydrogen (secondary N) is 2. The highest BCUT2D eigenvalue weighted by atomic mass is 16.6. The second-order valence-corrected chi connectivity index (χ2v) is 11.2. The van der Waals surface area contributed by atoms with Crippen molar-refractivity contribution in [3.8, 4) is 0 Å². The number of hydroxylamine groups is 2. The molecule has 1 aliphatic rings. The maximum atomic E-state index is 14.1. The Labute approximate surface area is 235 Å². The quantitative estimate of drug-likeness (QED) is 0.396. The summed E-state index contributed by atoms with van der Waals surface area (Å²) in [5.41, 5.74) is 1.47. The molecule has 2 amide bonds. The lowest BCUT2D eigenvalue weighted by Gasteiger charge is -2.32. The second-order valence-electron chi connectivity index (χ2n) is 11.2. The van der Waals surface area contributed by atoms with E-state index in [1.807, 2.05) is 67.6 Å². The third-order valence-corrected chi connectivity index (χ3v) is 7.09. The van der Waals surface area contributed by atoms with E-state index in [1.165, 1.54) is 0 Å². The summed E-state index contributed by atoms with van der Waals surface area (Å²) in [4.78, 5) is 40.7. The van der Waals surface area contributed by atoms with Crippen molar-refractivity contribution in [1.82, 2.24) is 15.7 Å². The number of rotatable bonds is 6. The van der Waals surface area contributed by atoms with Gasteiger partial charge in [0, 0.05) is 29.5 Å². The van der Waals surface area contributed by atoms with Crippen molar-refractivity contribution < 1.29 is 24.3 Å². The van der Waals surface area contributed by atoms with Crippen molar-refractivity contribution in [3.05, 3.63) is 108 Å². The molecule has 5 atom stereocenters. The number of carbonyl (C=O) groups excluding carboxylic acids is 3. The van der Waals surface area contributed by atoms with Crippen molar-refractivity contribution in [2.45, 2.75) is 57.3 Å². The monoisotopic (exact) mass is 543 g/mol. The average Bonchev–Trinajstić information content (AvgIpc) is 3.02. The minimum atomic E-state index is -1.32. The number of nitrogens with zero attached hydrogens (tertiary/aromatic N) is 1. The lowest BCUT2D eigenvalue weighted by Crippen LogP contribution is -2.51. The molecule has 0 bridgehead atoms. The van der Waals surface area contributed by atoms with Gasteiger partial charge < -0.3 is 20.6 Å². The maximum absolute atomic E-state index is 14.1. The van der Waals surface area contributed by atoms with Gasteiger partial charge in [-0.2, -0.15) is 5.06 Å². The van der Waals surface area contributed by atoms with Gasteiger partial charge in [-0.25, -0.2) is 4.79 Å². The Morgan fingerprint density at radius 1 is 0.900 bits per heavy atom. The van der Waals surface area contributed by atoms with Crippen LogP contribution in [0.25, 0.3) is 0 Å². The molecule has 40 heavy (non-hydrogen) atoms. The Bertz CT molecular complexity index is 1290. The molecule has 3 aromatic rings. The van der Waals surface area contributed by atoms with E-state index in [1.54, 1.807) is 51.1 Å². The van der Waals surface area contributed by atoms with Gasteiger partial charge in [0.15, 0.2) is 5.78 Å². The molecule has 3 N–H and O–H groups in total. The summed E-state index contributed by atoms with van der Waals surface area (Å²) in [6, 6.07) is 25.4. The van der Waals surface area contributed by atoms with Crippen LogP contribution in [0.2, 0.25) is 0 Å². The molecular formula is C32H37N3O5. The molecule has 1 fully saturated rings. The lowest BCUT2D eigenvalue weighted by molar-refractivity contribution is -0.148. The van der Waals surface area contributed by atoms with Crippen LogP contribution in [0, 0.1) is 5.92 Å². The predicted octanol–water partition coefficient (Wildman–Crippen LogP) is 5.17. The van der Waals surface area contributed by atoms with Crippen LogP contribution in [0.15, 0.2) is 91.0 Å². The number of ether oxygens (including phenoxy) is 1. The van der Waals surface area contributed by atoms with E-state index in [0.717, 1.165) is 10.6 Å². The van der Waals surface area contributed by atoms with E-state index in [-0.39, 0.29) is 18.2 Å². The smallest absolute Gasteiger partial charge is 0.408 e. The number of hydrogen-bond donors (Lipinski definition) is 3. The molecule has 8 heteroatoms. The SMILES string of the molecule is CC1C(=O)[C@H](NC(=O)C(OC(=O)NC(C)(C)C)c2ccccc2)[C@H](c2ccccc2)N(O)C[C@@H]1c1ccccc1. The van der Waals surface area contributed by atoms with Gasteiger partial charge in [0.25, 0.3) is 5.91 Å². The highest BCUT2D eigenvalue weighted by Crippen LogP contribution is 2.37. The Balaban J connectivity index is 1.70. The van der Waals surface area contributed by atoms with Crippen LogP contribution in [0.5, 0.6) is 0 Å². The minimum Gasteiger partial charge on any atom is -0.431 e. The fourth-order valence-corrected chi connectivity index (χ4v) is 5.11. The fourth-order valence-electron chi connectivity index (χ4n) is 5.11. The van der Waals surface area contributed by atoms with E-state index in [4.69, 9.17) is 4.74 Å². The number of hydrogen-bond acceptors (Lipinski definition) is 6. The van der Waals surface area contributed by atoms with Gasteiger partial charge in [0.05, 0.1) is 6.04 Å². The summed E-state index contributed by atoms with van der Waals surface area (Å²) >= 11 is 0. The summed E-state index contributed by atoms with van der Waals surface area (Å²) in [5.74, 6) is -1.70. The number of amides is 2. The number of alkyl carbamates (subject to hydrolysis) is 1. The van der Waals surface area contributed by atoms with Crippen LogP contribution in [-0.4, -0.2) is 46.2 Å². The number of ketones is 1. The molecule has 0 aliphatic carbocycles. The van der Waals surface area contributed by atoms with Crippen molar-refractivity contribution in [2.24, 2.45) is 5.92 Å². The summed E-state index contributed by atoms with van der Waals surface area (Å²) < 4.78 is 5.62. The Morgan fingerprint density at radius 3 is 1.98 bits per heavy atom. The van der Waals surface area contributed by atoms with Crippen LogP contribution in [-0.2, 0) is 14.3 Å². The van der Waals surface area contributed by atoms with Crippen LogP contribution in [0.3, 0.4) is 0 Å². The number of Topliss-reactive ketones (excluding diaryl/α,β-unsaturated/α-hetero) is 1. The predicted molar refractivity (Wildman–Crippen MR) is 152 cm³/mol. The van der Waals surface area contributed by atoms with Gasteiger partial charge in [0.1, 0.15) is 6.04 Å². The molecule has 0 spiro atoms. The second kappa shape index (κ2) is 12.4. The Kier molecular flexibility index (Phi) is 9.02. The van der Waals surface area contributed by atoms with E-state index < -0.39 is 41.6 Å². The molecule has 0 aromatic heterocycles. The maximum Gasteiger partial charge on any atom is 0.408 e. The molecule has 1 heterocycles. The van der Waals surface area contributed by atoms with Gasteiger partial charge in [-0.05, 0) is 31.9 Å². The fraction of sp³-hybridized carbons (Fsp3) is 0.344. The molecule has 210 valence electrons. The van der Waals surface area contributed by atoms with Crippen LogP contribution in [0.4, 0.5) is 4.79 Å². The highest BCUT2D eigenvalue weighted by molar-refractivity contribution is 5.94. The largest absolute Gasteiger partial charge is 0.431 e. The molecule has 1 aliphatic heterocycles. The first kappa shape index (κ1) is 29.0. The topological polar surface area (TPSA) is 108 Å². The molecular weight excluding hydrogens is 506 g/mol. The first-order valence-corrected chi connectivity index (χ1v) is 13.5. The van der Waals surface area contributed by atoms with E-state index in [2.05, 4.69) is 10.6 Å². The van der Waals surface area contributed by atoms with E-state index >= 15 is 0 Å².